The second kappa shape index (κ2) is 33.7. The van der Waals surface area contributed by atoms with E-state index < -0.39 is 52.2 Å². The summed E-state index contributed by atoms with van der Waals surface area (Å²) in [7, 11) is 1.78. The van der Waals surface area contributed by atoms with Crippen molar-refractivity contribution < 1.29 is 66.7 Å². The third kappa shape index (κ3) is 14.5. The first kappa shape index (κ1) is 85.3. The van der Waals surface area contributed by atoms with Crippen LogP contribution in [0.3, 0.4) is 0 Å². The molecule has 34 nitrogen and oxygen atoms in total. The minimum Gasteiger partial charge on any atom is -0.492 e. The molecule has 37 heteroatoms. The number of aromatic amines is 5. The molecule has 0 bridgehead atoms. The summed E-state index contributed by atoms with van der Waals surface area (Å²) >= 11 is 6.44. The maximum Gasteiger partial charge on any atom is 0.353 e. The molecule has 0 saturated heterocycles. The number of nitrogens with two attached hydrogens (primary N) is 3. The van der Waals surface area contributed by atoms with E-state index in [0.717, 1.165) is 32.8 Å². The number of ether oxygens (including phenoxy) is 2. The SMILES string of the molecule is Cn1cnc2cc(Cn3c(C(=O)O)c(-c4ccc[nH]c4=O)c4c5c(ccc43)CCO5)c(F)cc21.Nc1[nH]nc2nc(Cl)c(Cn3c(C(=O)O)c(-c4ccc[nH]c4=O)c4c5c(ccc43)CCO5)cc12.Nc1cc(Cn2c(C(=O)O)c(-c3ccc[nH]c3=O)c3c4occc4c(F)cc32)c2ccccc2n1.Nc1nc2ccccc2cc1Cn1c(C(=O)O)c(-c2ccc[nH]c2=O)c2c3occc3ccc21. The third-order valence-electron chi connectivity index (χ3n) is 24.8. The number of hydrogen-bond acceptors (Lipinski definition) is 20. The monoisotopic (exact) mass is 1850 g/mol. The number of nitrogens with zero attached hydrogens (tertiary/aromatic N) is 10. The van der Waals surface area contributed by atoms with Crippen LogP contribution in [0.15, 0.2) is 254 Å². The number of H-pyrrole nitrogens is 5. The number of benzene rings is 7. The molecular weight excluding hydrogens is 1780 g/mol. The molecule has 17 heterocycles. The van der Waals surface area contributed by atoms with E-state index in [1.165, 1.54) is 64.5 Å². The molecule has 2 aliphatic rings. The number of fused-ring (bicyclic) bond motifs is 16. The molecule has 15 aromatic heterocycles. The van der Waals surface area contributed by atoms with Crippen LogP contribution in [0.5, 0.6) is 11.5 Å². The zero-order valence-electron chi connectivity index (χ0n) is 71.5. The lowest BCUT2D eigenvalue weighted by molar-refractivity contribution is 0.0676. The highest BCUT2D eigenvalue weighted by atomic mass is 35.5. The second-order valence-electron chi connectivity index (χ2n) is 32.6. The molecule has 0 radical (unpaired) electrons. The minimum absolute atomic E-state index is 0.0249. The van der Waals surface area contributed by atoms with E-state index in [4.69, 9.17) is 47.1 Å². The number of imidazole rings is 1. The number of aromatic nitrogens is 15. The van der Waals surface area contributed by atoms with Crippen LogP contribution in [0.25, 0.3) is 154 Å². The summed E-state index contributed by atoms with van der Waals surface area (Å²) in [5.41, 5.74) is 28.0. The van der Waals surface area contributed by atoms with Crippen molar-refractivity contribution in [1.82, 2.24) is 72.9 Å². The van der Waals surface area contributed by atoms with E-state index in [1.54, 1.807) is 100 Å². The zero-order chi connectivity index (χ0) is 94.8. The molecule has 2 aliphatic heterocycles. The van der Waals surface area contributed by atoms with Gasteiger partial charge >= 0.3 is 23.9 Å². The number of nitrogens with one attached hydrogen (secondary N) is 5. The van der Waals surface area contributed by atoms with E-state index in [9.17, 15) is 58.8 Å². The normalized spacial score (nSPS) is 12.2. The average molecular weight is 1850 g/mol. The van der Waals surface area contributed by atoms with Gasteiger partial charge in [0.05, 0.1) is 150 Å². The molecule has 0 fully saturated rings. The Morgan fingerprint density at radius 1 is 0.438 bits per heavy atom. The fourth-order valence-corrected chi connectivity index (χ4v) is 19.0. The number of aromatic carboxylic acids is 4. The topological polar surface area (TPSA) is 508 Å². The summed E-state index contributed by atoms with van der Waals surface area (Å²) < 4.78 is 61.4. The number of hydrogen-bond donors (Lipinski definition) is 12. The smallest absolute Gasteiger partial charge is 0.353 e. The highest BCUT2D eigenvalue weighted by molar-refractivity contribution is 6.30. The molecule has 0 saturated carbocycles. The van der Waals surface area contributed by atoms with E-state index in [2.05, 4.69) is 50.1 Å². The number of halogens is 3. The van der Waals surface area contributed by atoms with E-state index in [1.807, 2.05) is 91.0 Å². The van der Waals surface area contributed by atoms with Gasteiger partial charge < -0.3 is 98.7 Å². The van der Waals surface area contributed by atoms with Crippen molar-refractivity contribution >= 4 is 162 Å². The number of anilines is 3. The average Bonchev–Trinajstić information content (AvgIpc) is 1.67. The number of aryl methyl sites for hydroxylation is 1. The largest absolute Gasteiger partial charge is 0.492 e. The fourth-order valence-electron chi connectivity index (χ4n) is 18.8. The van der Waals surface area contributed by atoms with Crippen LogP contribution in [0.2, 0.25) is 5.15 Å². The van der Waals surface area contributed by atoms with Crippen molar-refractivity contribution in [2.24, 2.45) is 7.05 Å². The third-order valence-corrected chi connectivity index (χ3v) is 25.1. The summed E-state index contributed by atoms with van der Waals surface area (Å²) in [6.07, 6.45) is 11.8. The molecule has 137 heavy (non-hydrogen) atoms. The quantitative estimate of drug-likeness (QED) is 0.0400. The number of carboxylic acids is 4. The number of pyridine rings is 7. The maximum atomic E-state index is 15.1. The Labute approximate surface area is 770 Å². The molecule has 24 rings (SSSR count). The molecule has 15 N–H and O–H groups in total. The number of para-hydroxylation sites is 2. The van der Waals surface area contributed by atoms with Crippen molar-refractivity contribution in [3.05, 3.63) is 340 Å². The highest BCUT2D eigenvalue weighted by Crippen LogP contribution is 2.48. The Hall–Kier alpha value is -18.5. The van der Waals surface area contributed by atoms with Gasteiger partial charge in [0.2, 0.25) is 0 Å². The summed E-state index contributed by atoms with van der Waals surface area (Å²) in [5.74, 6) is -3.80. The van der Waals surface area contributed by atoms with Gasteiger partial charge in [0.15, 0.2) is 5.65 Å². The van der Waals surface area contributed by atoms with Crippen LogP contribution in [-0.4, -0.2) is 130 Å². The number of rotatable bonds is 16. The van der Waals surface area contributed by atoms with Crippen LogP contribution < -0.4 is 48.9 Å². The predicted octanol–water partition coefficient (Wildman–Crippen LogP) is 16.3. The molecule has 0 atom stereocenters. The highest BCUT2D eigenvalue weighted by Gasteiger charge is 2.36. The molecule has 0 unspecified atom stereocenters. The Balaban J connectivity index is 0.000000109. The lowest BCUT2D eigenvalue weighted by atomic mass is 10.0. The summed E-state index contributed by atoms with van der Waals surface area (Å²) in [6, 6.07) is 51.9. The molecular formula is C100H71ClF2N18O16. The first-order chi connectivity index (χ1) is 66.3. The maximum absolute atomic E-state index is 15.1. The van der Waals surface area contributed by atoms with Crippen molar-refractivity contribution in [3.63, 3.8) is 0 Å². The lowest BCUT2D eigenvalue weighted by Gasteiger charge is -2.12. The van der Waals surface area contributed by atoms with Crippen LogP contribution in [-0.2, 0) is 46.1 Å². The summed E-state index contributed by atoms with van der Waals surface area (Å²) in [5, 5.41) is 53.4. The van der Waals surface area contributed by atoms with Gasteiger partial charge in [0.25, 0.3) is 22.2 Å². The first-order valence-electron chi connectivity index (χ1n) is 42.5. The van der Waals surface area contributed by atoms with Crippen LogP contribution in [0.1, 0.15) is 75.3 Å². The molecule has 7 aromatic carbocycles. The fraction of sp³-hybridized carbons (Fsp3) is 0.0900. The standard InChI is InChI=1S/C26H17FN4O4.C26H18N4O4.C25H19FN4O4.C23H17ClN6O4/c27-17-11-19-22(24-15(17)7-9-35-24)21(16-5-3-8-29-25(16)32)23(26(33)34)31(19)12-13-10-20(28)30-18-6-2-1-4-14(13)18;27-24-16(12-15-4-1-2-6-18(15)29-24)13-30-19-8-7-14-9-11-34-23(14)21(19)20(22(30)26(32)33)17-5-3-10-28-25(17)31;1-29-12-28-17-9-14(16(26)10-19(17)29)11-30-18-5-4-13-6-8-34-23(13)21(18)20(22(30)25(32)33)15-3-2-7-27-24(15)31;24-19-11(8-13-20(25)28-29-21(13)27-19)9-30-14-4-3-10-5-7-34-18(10)16(14)15(17(30)23(32)33)12-2-1-6-26-22(12)31/h1-11H,12H2,(H2,28,30)(H,29,32)(H,33,34);1-12H,13H2,(H2,27,29)(H,28,31)(H,32,33);2-5,7,9-10,12H,6,8,11H2,1H3,(H,27,31)(H,32,33);1-4,6,8H,5,7,9H2,(H,26,31)(H,32,33)(H3,25,27,28,29). The van der Waals surface area contributed by atoms with Gasteiger partial charge in [-0.05, 0) is 144 Å². The van der Waals surface area contributed by atoms with E-state index in [-0.39, 0.29) is 115 Å². The Morgan fingerprint density at radius 3 is 1.49 bits per heavy atom. The van der Waals surface area contributed by atoms with E-state index >= 15 is 8.78 Å². The van der Waals surface area contributed by atoms with Gasteiger partial charge in [-0.1, -0.05) is 60.1 Å². The van der Waals surface area contributed by atoms with Crippen LogP contribution >= 0.6 is 11.6 Å². The lowest BCUT2D eigenvalue weighted by Crippen LogP contribution is -2.14. The van der Waals surface area contributed by atoms with Gasteiger partial charge in [0, 0.05) is 112 Å². The second-order valence-corrected chi connectivity index (χ2v) is 33.0. The molecule has 678 valence electrons. The summed E-state index contributed by atoms with van der Waals surface area (Å²) in [6.45, 7) is 1.17. The van der Waals surface area contributed by atoms with Crippen LogP contribution in [0.4, 0.5) is 26.2 Å². The molecule has 0 amide bonds. The van der Waals surface area contributed by atoms with E-state index in [0.29, 0.717) is 154 Å². The number of furan rings is 2. The Morgan fingerprint density at radius 2 is 0.920 bits per heavy atom. The Kier molecular flexibility index (Phi) is 21.0. The van der Waals surface area contributed by atoms with Gasteiger partial charge in [-0.3, -0.25) is 24.3 Å². The van der Waals surface area contributed by atoms with Crippen molar-refractivity contribution in [2.45, 2.75) is 39.0 Å². The zero-order valence-corrected chi connectivity index (χ0v) is 72.3. The summed E-state index contributed by atoms with van der Waals surface area (Å²) in [4.78, 5) is 130. The van der Waals surface area contributed by atoms with Crippen LogP contribution in [0, 0.1) is 11.6 Å². The first-order valence-corrected chi connectivity index (χ1v) is 42.9. The molecule has 22 aromatic rings. The predicted molar refractivity (Wildman–Crippen MR) is 510 cm³/mol. The number of nitrogen functional groups attached to an aromatic ring is 3. The van der Waals surface area contributed by atoms with Gasteiger partial charge in [0.1, 0.15) is 79.7 Å². The minimum atomic E-state index is -1.27. The number of carboxylic acid groups (broad SMARTS) is 4. The molecule has 0 spiro atoms. The van der Waals surface area contributed by atoms with Gasteiger partial charge in [-0.15, -0.1) is 0 Å². The number of carbonyl (C=O) groups is 4. The van der Waals surface area contributed by atoms with Crippen molar-refractivity contribution in [2.75, 3.05) is 30.4 Å². The van der Waals surface area contributed by atoms with Gasteiger partial charge in [-0.2, -0.15) is 5.10 Å². The molecule has 0 aliphatic carbocycles. The van der Waals surface area contributed by atoms with Crippen molar-refractivity contribution in [3.8, 4) is 56.0 Å². The van der Waals surface area contributed by atoms with Gasteiger partial charge in [-0.25, -0.2) is 47.9 Å². The Bertz CT molecular complexity index is 9160. The van der Waals surface area contributed by atoms with Crippen molar-refractivity contribution in [1.29, 1.82) is 0 Å².